The molecule has 5 heteroatoms. The second-order valence-electron chi connectivity index (χ2n) is 6.30. The van der Waals surface area contributed by atoms with Crippen LogP contribution in [0.25, 0.3) is 0 Å². The van der Waals surface area contributed by atoms with Gasteiger partial charge in [-0.1, -0.05) is 12.8 Å². The van der Waals surface area contributed by atoms with Crippen LogP contribution in [0.5, 0.6) is 0 Å². The molecule has 5 nitrogen and oxygen atoms in total. The highest BCUT2D eigenvalue weighted by Crippen LogP contribution is 2.27. The lowest BCUT2D eigenvalue weighted by Gasteiger charge is -2.31. The zero-order valence-corrected chi connectivity index (χ0v) is 12.3. The number of carboxylic acid groups (broad SMARTS) is 1. The van der Waals surface area contributed by atoms with E-state index in [0.717, 1.165) is 19.3 Å². The number of carboxylic acids is 1. The monoisotopic (exact) mass is 271 g/mol. The average Bonchev–Trinajstić information content (AvgIpc) is 2.51. The Kier molecular flexibility index (Phi) is 5.20. The molecule has 1 amide bonds. The molecule has 0 aromatic carbocycles. The van der Waals surface area contributed by atoms with Crippen LogP contribution in [0.15, 0.2) is 0 Å². The molecule has 0 aromatic heterocycles. The van der Waals surface area contributed by atoms with Crippen molar-refractivity contribution in [1.29, 1.82) is 0 Å². The highest BCUT2D eigenvalue weighted by Gasteiger charge is 2.31. The number of hydrogen-bond acceptors (Lipinski definition) is 3. The van der Waals surface area contributed by atoms with Crippen molar-refractivity contribution in [2.75, 3.05) is 7.05 Å². The van der Waals surface area contributed by atoms with Crippen molar-refractivity contribution in [1.82, 2.24) is 4.90 Å². The third-order valence-electron chi connectivity index (χ3n) is 3.47. The first kappa shape index (κ1) is 15.8. The first-order valence-corrected chi connectivity index (χ1v) is 6.89. The van der Waals surface area contributed by atoms with Crippen LogP contribution in [0, 0.1) is 5.92 Å². The maximum atomic E-state index is 12.0. The molecule has 1 N–H and O–H groups in total. The molecule has 0 saturated heterocycles. The van der Waals surface area contributed by atoms with Crippen molar-refractivity contribution in [3.05, 3.63) is 0 Å². The number of nitrogens with zero attached hydrogens (tertiary/aromatic N) is 1. The van der Waals surface area contributed by atoms with E-state index in [9.17, 15) is 9.59 Å². The number of carbonyl (C=O) groups excluding carboxylic acids is 1. The molecule has 1 fully saturated rings. The Morgan fingerprint density at radius 3 is 2.32 bits per heavy atom. The van der Waals surface area contributed by atoms with E-state index >= 15 is 0 Å². The van der Waals surface area contributed by atoms with Gasteiger partial charge in [0.2, 0.25) is 0 Å². The summed E-state index contributed by atoms with van der Waals surface area (Å²) in [4.78, 5) is 24.7. The van der Waals surface area contributed by atoms with Gasteiger partial charge >= 0.3 is 12.1 Å². The largest absolute Gasteiger partial charge is 0.481 e. The maximum Gasteiger partial charge on any atom is 0.410 e. The molecule has 0 bridgehead atoms. The summed E-state index contributed by atoms with van der Waals surface area (Å²) >= 11 is 0. The summed E-state index contributed by atoms with van der Waals surface area (Å²) in [5.41, 5.74) is -0.526. The Balaban J connectivity index is 2.66. The molecule has 110 valence electrons. The van der Waals surface area contributed by atoms with Gasteiger partial charge in [-0.25, -0.2) is 4.79 Å². The first-order chi connectivity index (χ1) is 8.70. The summed E-state index contributed by atoms with van der Waals surface area (Å²) < 4.78 is 5.33. The number of amides is 1. The minimum atomic E-state index is -0.760. The summed E-state index contributed by atoms with van der Waals surface area (Å²) in [7, 11) is 1.70. The minimum absolute atomic E-state index is 0.0431. The summed E-state index contributed by atoms with van der Waals surface area (Å²) in [6.07, 6.45) is 3.57. The molecule has 1 aliphatic carbocycles. The highest BCUT2D eigenvalue weighted by molar-refractivity contribution is 5.71. The lowest BCUT2D eigenvalue weighted by molar-refractivity contribution is -0.142. The number of ether oxygens (including phenoxy) is 1. The molecule has 2 atom stereocenters. The van der Waals surface area contributed by atoms with E-state index in [0.29, 0.717) is 12.8 Å². The fourth-order valence-electron chi connectivity index (χ4n) is 2.39. The van der Waals surface area contributed by atoms with Crippen molar-refractivity contribution < 1.29 is 19.4 Å². The van der Waals surface area contributed by atoms with Crippen LogP contribution < -0.4 is 0 Å². The molecule has 19 heavy (non-hydrogen) atoms. The fraction of sp³-hybridized carbons (Fsp3) is 0.857. The van der Waals surface area contributed by atoms with E-state index < -0.39 is 11.6 Å². The van der Waals surface area contributed by atoms with Crippen LogP contribution in [-0.2, 0) is 9.53 Å². The van der Waals surface area contributed by atoms with Gasteiger partial charge in [0.25, 0.3) is 0 Å². The summed E-state index contributed by atoms with van der Waals surface area (Å²) in [6.45, 7) is 5.48. The number of aliphatic carboxylic acids is 1. The third-order valence-corrected chi connectivity index (χ3v) is 3.47. The molecule has 1 saturated carbocycles. The molecular formula is C14H25NO4. The van der Waals surface area contributed by atoms with Gasteiger partial charge in [-0.15, -0.1) is 0 Å². The summed E-state index contributed by atoms with van der Waals surface area (Å²) in [6, 6.07) is -0.0431. The number of rotatable bonds is 2. The Morgan fingerprint density at radius 1 is 1.21 bits per heavy atom. The quantitative estimate of drug-likeness (QED) is 0.784. The number of carbonyl (C=O) groups is 2. The topological polar surface area (TPSA) is 66.8 Å². The van der Waals surface area contributed by atoms with Crippen LogP contribution in [0.4, 0.5) is 4.79 Å². The Hall–Kier alpha value is -1.26. The number of hydrogen-bond donors (Lipinski definition) is 1. The van der Waals surface area contributed by atoms with Gasteiger partial charge in [-0.2, -0.15) is 0 Å². The average molecular weight is 271 g/mol. The third kappa shape index (κ3) is 5.09. The lowest BCUT2D eigenvalue weighted by Crippen LogP contribution is -2.41. The smallest absolute Gasteiger partial charge is 0.410 e. The van der Waals surface area contributed by atoms with Crippen molar-refractivity contribution in [2.24, 2.45) is 5.92 Å². The molecule has 0 aromatic rings. The molecule has 0 unspecified atom stereocenters. The van der Waals surface area contributed by atoms with Crippen LogP contribution in [0.2, 0.25) is 0 Å². The van der Waals surface area contributed by atoms with Gasteiger partial charge in [0.1, 0.15) is 5.60 Å². The van der Waals surface area contributed by atoms with Gasteiger partial charge in [-0.05, 0) is 40.0 Å². The summed E-state index contributed by atoms with van der Waals surface area (Å²) in [5.74, 6) is -1.11. The zero-order chi connectivity index (χ0) is 14.6. The van der Waals surface area contributed by atoms with E-state index in [-0.39, 0.29) is 18.1 Å². The van der Waals surface area contributed by atoms with Gasteiger partial charge < -0.3 is 14.7 Å². The van der Waals surface area contributed by atoms with Gasteiger partial charge in [0.05, 0.1) is 5.92 Å². The van der Waals surface area contributed by atoms with E-state index in [1.54, 1.807) is 11.9 Å². The predicted molar refractivity (Wildman–Crippen MR) is 72.0 cm³/mol. The summed E-state index contributed by atoms with van der Waals surface area (Å²) in [5, 5.41) is 9.15. The van der Waals surface area contributed by atoms with Crippen molar-refractivity contribution in [2.45, 2.75) is 64.5 Å². The van der Waals surface area contributed by atoms with Crippen LogP contribution in [0.1, 0.15) is 52.9 Å². The zero-order valence-electron chi connectivity index (χ0n) is 12.3. The standard InChI is InChI=1S/C14H25NO4/c1-14(2,3)19-13(18)15(4)11-8-6-5-7-10(9-11)12(16)17/h10-11H,5-9H2,1-4H3,(H,16,17)/t10-,11+/m0/s1. The molecule has 0 radical (unpaired) electrons. The molecule has 0 spiro atoms. The van der Waals surface area contributed by atoms with Gasteiger partial charge in [-0.3, -0.25) is 4.79 Å². The predicted octanol–water partition coefficient (Wildman–Crippen LogP) is 2.89. The highest BCUT2D eigenvalue weighted by atomic mass is 16.6. The molecule has 0 aliphatic heterocycles. The second-order valence-corrected chi connectivity index (χ2v) is 6.30. The molecule has 0 heterocycles. The normalized spacial score (nSPS) is 24.4. The minimum Gasteiger partial charge on any atom is -0.481 e. The van der Waals surface area contributed by atoms with E-state index in [4.69, 9.17) is 9.84 Å². The van der Waals surface area contributed by atoms with Gasteiger partial charge in [0, 0.05) is 13.1 Å². The second kappa shape index (κ2) is 6.26. The van der Waals surface area contributed by atoms with Gasteiger partial charge in [0.15, 0.2) is 0 Å². The molecule has 1 aliphatic rings. The SMILES string of the molecule is CN(C(=O)OC(C)(C)C)[C@@H]1CCCC[C@H](C(=O)O)C1. The Bertz CT molecular complexity index is 335. The molecular weight excluding hydrogens is 246 g/mol. The Labute approximate surface area is 114 Å². The van der Waals surface area contributed by atoms with E-state index in [1.165, 1.54) is 0 Å². The Morgan fingerprint density at radius 2 is 1.79 bits per heavy atom. The van der Waals surface area contributed by atoms with Crippen molar-refractivity contribution in [3.63, 3.8) is 0 Å². The van der Waals surface area contributed by atoms with Crippen LogP contribution in [0.3, 0.4) is 0 Å². The van der Waals surface area contributed by atoms with Crippen LogP contribution in [-0.4, -0.2) is 40.8 Å². The van der Waals surface area contributed by atoms with Crippen molar-refractivity contribution >= 4 is 12.1 Å². The van der Waals surface area contributed by atoms with Crippen LogP contribution >= 0.6 is 0 Å². The fourth-order valence-corrected chi connectivity index (χ4v) is 2.39. The first-order valence-electron chi connectivity index (χ1n) is 6.89. The van der Waals surface area contributed by atoms with E-state index in [2.05, 4.69) is 0 Å². The molecule has 1 rings (SSSR count). The lowest BCUT2D eigenvalue weighted by atomic mass is 9.98. The maximum absolute atomic E-state index is 12.0. The van der Waals surface area contributed by atoms with E-state index in [1.807, 2.05) is 20.8 Å². The van der Waals surface area contributed by atoms with Crippen molar-refractivity contribution in [3.8, 4) is 0 Å².